The lowest BCUT2D eigenvalue weighted by molar-refractivity contribution is -0.115. The summed E-state index contributed by atoms with van der Waals surface area (Å²) in [5.41, 5.74) is 1.08. The standard InChI is InChI=1S/C10H11NO2/c1-2-10(13)11-9-6-4-3-5-8(9)7-12/h3-7H,2H2,1H3,(H,11,13). The monoisotopic (exact) mass is 177 g/mol. The zero-order valence-electron chi connectivity index (χ0n) is 7.41. The first kappa shape index (κ1) is 9.45. The molecule has 0 atom stereocenters. The maximum atomic E-state index is 11.0. The summed E-state index contributed by atoms with van der Waals surface area (Å²) in [4.78, 5) is 21.6. The van der Waals surface area contributed by atoms with Crippen molar-refractivity contribution in [3.05, 3.63) is 29.8 Å². The molecule has 1 aromatic carbocycles. The van der Waals surface area contributed by atoms with E-state index in [1.807, 2.05) is 0 Å². The van der Waals surface area contributed by atoms with E-state index in [4.69, 9.17) is 0 Å². The SMILES string of the molecule is CCC(=O)Nc1ccccc1C=O. The molecule has 3 nitrogen and oxygen atoms in total. The molecule has 0 unspecified atom stereocenters. The van der Waals surface area contributed by atoms with Gasteiger partial charge in [-0.05, 0) is 12.1 Å². The number of benzene rings is 1. The zero-order chi connectivity index (χ0) is 9.68. The number of hydrogen-bond acceptors (Lipinski definition) is 2. The number of amides is 1. The third kappa shape index (κ3) is 2.40. The molecule has 0 heterocycles. The zero-order valence-corrected chi connectivity index (χ0v) is 7.41. The van der Waals surface area contributed by atoms with Crippen LogP contribution in [0.25, 0.3) is 0 Å². The van der Waals surface area contributed by atoms with Crippen molar-refractivity contribution in [2.45, 2.75) is 13.3 Å². The van der Waals surface area contributed by atoms with Crippen LogP contribution >= 0.6 is 0 Å². The van der Waals surface area contributed by atoms with Gasteiger partial charge in [-0.3, -0.25) is 9.59 Å². The van der Waals surface area contributed by atoms with Gasteiger partial charge in [0.25, 0.3) is 0 Å². The van der Waals surface area contributed by atoms with Crippen molar-refractivity contribution in [3.63, 3.8) is 0 Å². The van der Waals surface area contributed by atoms with Crippen LogP contribution in [0.4, 0.5) is 5.69 Å². The topological polar surface area (TPSA) is 46.2 Å². The molecule has 1 aromatic rings. The van der Waals surface area contributed by atoms with Gasteiger partial charge in [-0.15, -0.1) is 0 Å². The van der Waals surface area contributed by atoms with Crippen molar-refractivity contribution >= 4 is 17.9 Å². The summed E-state index contributed by atoms with van der Waals surface area (Å²) in [6.45, 7) is 1.76. The van der Waals surface area contributed by atoms with Crippen molar-refractivity contribution in [1.82, 2.24) is 0 Å². The minimum Gasteiger partial charge on any atom is -0.325 e. The highest BCUT2D eigenvalue weighted by atomic mass is 16.1. The molecule has 0 aliphatic carbocycles. The van der Waals surface area contributed by atoms with Gasteiger partial charge in [-0.2, -0.15) is 0 Å². The third-order valence-electron chi connectivity index (χ3n) is 1.68. The molecule has 0 aromatic heterocycles. The summed E-state index contributed by atoms with van der Waals surface area (Å²) in [7, 11) is 0. The summed E-state index contributed by atoms with van der Waals surface area (Å²) in [5, 5.41) is 2.64. The second kappa shape index (κ2) is 4.40. The van der Waals surface area contributed by atoms with Crippen molar-refractivity contribution in [2.75, 3.05) is 5.32 Å². The van der Waals surface area contributed by atoms with E-state index in [0.29, 0.717) is 17.7 Å². The lowest BCUT2D eigenvalue weighted by atomic mass is 10.2. The van der Waals surface area contributed by atoms with Crippen LogP contribution in [0.2, 0.25) is 0 Å². The van der Waals surface area contributed by atoms with Gasteiger partial charge in [0.1, 0.15) is 0 Å². The molecule has 3 heteroatoms. The summed E-state index contributed by atoms with van der Waals surface area (Å²) >= 11 is 0. The highest BCUT2D eigenvalue weighted by Gasteiger charge is 2.02. The Morgan fingerprint density at radius 2 is 2.15 bits per heavy atom. The molecule has 1 N–H and O–H groups in total. The molecule has 0 saturated heterocycles. The Balaban J connectivity index is 2.87. The first-order valence-corrected chi connectivity index (χ1v) is 4.12. The number of anilines is 1. The summed E-state index contributed by atoms with van der Waals surface area (Å²) < 4.78 is 0. The largest absolute Gasteiger partial charge is 0.325 e. The fourth-order valence-electron chi connectivity index (χ4n) is 0.952. The van der Waals surface area contributed by atoms with Crippen molar-refractivity contribution in [3.8, 4) is 0 Å². The van der Waals surface area contributed by atoms with E-state index in [-0.39, 0.29) is 5.91 Å². The smallest absolute Gasteiger partial charge is 0.224 e. The van der Waals surface area contributed by atoms with Gasteiger partial charge in [0, 0.05) is 12.0 Å². The number of aldehydes is 1. The van der Waals surface area contributed by atoms with Crippen LogP contribution in [0.5, 0.6) is 0 Å². The average molecular weight is 177 g/mol. The summed E-state index contributed by atoms with van der Waals surface area (Å²) in [6, 6.07) is 6.90. The summed E-state index contributed by atoms with van der Waals surface area (Å²) in [6.07, 6.45) is 1.14. The molecule has 0 saturated carbocycles. The van der Waals surface area contributed by atoms with Gasteiger partial charge < -0.3 is 5.32 Å². The van der Waals surface area contributed by atoms with E-state index in [9.17, 15) is 9.59 Å². The van der Waals surface area contributed by atoms with Crippen molar-refractivity contribution in [2.24, 2.45) is 0 Å². The number of nitrogens with one attached hydrogen (secondary N) is 1. The maximum absolute atomic E-state index is 11.0. The Kier molecular flexibility index (Phi) is 3.20. The first-order valence-electron chi connectivity index (χ1n) is 4.12. The summed E-state index contributed by atoms with van der Waals surface area (Å²) in [5.74, 6) is -0.0886. The highest BCUT2D eigenvalue weighted by molar-refractivity contribution is 5.96. The number of rotatable bonds is 3. The predicted octanol–water partition coefficient (Wildman–Crippen LogP) is 1.85. The van der Waals surface area contributed by atoms with E-state index in [2.05, 4.69) is 5.32 Å². The number of hydrogen-bond donors (Lipinski definition) is 1. The van der Waals surface area contributed by atoms with E-state index in [1.54, 1.807) is 31.2 Å². The molecule has 0 aliphatic heterocycles. The number of carbonyl (C=O) groups excluding carboxylic acids is 2. The van der Waals surface area contributed by atoms with Crippen molar-refractivity contribution in [1.29, 1.82) is 0 Å². The fourth-order valence-corrected chi connectivity index (χ4v) is 0.952. The molecule has 0 bridgehead atoms. The number of para-hydroxylation sites is 1. The molecule has 68 valence electrons. The van der Waals surface area contributed by atoms with Crippen LogP contribution in [-0.2, 0) is 4.79 Å². The molecule has 13 heavy (non-hydrogen) atoms. The van der Waals surface area contributed by atoms with Crippen LogP contribution in [0, 0.1) is 0 Å². The van der Waals surface area contributed by atoms with Gasteiger partial charge in [0.05, 0.1) is 5.69 Å². The van der Waals surface area contributed by atoms with Gasteiger partial charge >= 0.3 is 0 Å². The molecule has 0 aliphatic rings. The fraction of sp³-hybridized carbons (Fsp3) is 0.200. The van der Waals surface area contributed by atoms with Crippen molar-refractivity contribution < 1.29 is 9.59 Å². The van der Waals surface area contributed by atoms with Crippen LogP contribution in [-0.4, -0.2) is 12.2 Å². The normalized spacial score (nSPS) is 9.31. The van der Waals surface area contributed by atoms with Crippen LogP contribution < -0.4 is 5.32 Å². The van der Waals surface area contributed by atoms with Crippen LogP contribution in [0.1, 0.15) is 23.7 Å². The van der Waals surface area contributed by atoms with Gasteiger partial charge in [-0.25, -0.2) is 0 Å². The van der Waals surface area contributed by atoms with Crippen LogP contribution in [0.15, 0.2) is 24.3 Å². The minimum absolute atomic E-state index is 0.0886. The molecule has 0 fully saturated rings. The maximum Gasteiger partial charge on any atom is 0.224 e. The molecule has 0 spiro atoms. The molecule has 1 amide bonds. The Bertz CT molecular complexity index is 320. The quantitative estimate of drug-likeness (QED) is 0.716. The second-order valence-electron chi connectivity index (χ2n) is 2.61. The Morgan fingerprint density at radius 1 is 1.46 bits per heavy atom. The van der Waals surface area contributed by atoms with Gasteiger partial charge in [0.2, 0.25) is 5.91 Å². The second-order valence-corrected chi connectivity index (χ2v) is 2.61. The van der Waals surface area contributed by atoms with E-state index in [1.165, 1.54) is 0 Å². The van der Waals surface area contributed by atoms with Gasteiger partial charge in [0.15, 0.2) is 6.29 Å². The van der Waals surface area contributed by atoms with E-state index < -0.39 is 0 Å². The lowest BCUT2D eigenvalue weighted by Crippen LogP contribution is -2.10. The first-order chi connectivity index (χ1) is 6.27. The Hall–Kier alpha value is -1.64. The number of carbonyl (C=O) groups is 2. The molecule has 1 rings (SSSR count). The van der Waals surface area contributed by atoms with E-state index >= 15 is 0 Å². The molecular weight excluding hydrogens is 166 g/mol. The lowest BCUT2D eigenvalue weighted by Gasteiger charge is -2.04. The Morgan fingerprint density at radius 3 is 2.77 bits per heavy atom. The molecule has 0 radical (unpaired) electrons. The third-order valence-corrected chi connectivity index (χ3v) is 1.68. The van der Waals surface area contributed by atoms with Gasteiger partial charge in [-0.1, -0.05) is 19.1 Å². The highest BCUT2D eigenvalue weighted by Crippen LogP contribution is 2.12. The predicted molar refractivity (Wildman–Crippen MR) is 50.8 cm³/mol. The Labute approximate surface area is 76.8 Å². The minimum atomic E-state index is -0.0886. The van der Waals surface area contributed by atoms with Crippen LogP contribution in [0.3, 0.4) is 0 Å². The average Bonchev–Trinajstić information content (AvgIpc) is 2.18. The molecular formula is C10H11NO2. The van der Waals surface area contributed by atoms with E-state index in [0.717, 1.165) is 6.29 Å².